The molecule has 1 spiro atoms. The maximum atomic E-state index is 5.92. The first-order chi connectivity index (χ1) is 9.72. The van der Waals surface area contributed by atoms with Crippen molar-refractivity contribution in [1.82, 2.24) is 0 Å². The molecule has 1 heterocycles. The van der Waals surface area contributed by atoms with Gasteiger partial charge in [-0.2, -0.15) is 0 Å². The third kappa shape index (κ3) is 4.71. The molecule has 2 aliphatic rings. The van der Waals surface area contributed by atoms with Gasteiger partial charge in [-0.05, 0) is 64.2 Å². The Morgan fingerprint density at radius 1 is 1.19 bits per heavy atom. The van der Waals surface area contributed by atoms with Crippen LogP contribution in [0.4, 0.5) is 0 Å². The number of hydrogen-bond acceptors (Lipinski definition) is 1. The molecule has 0 aromatic rings. The van der Waals surface area contributed by atoms with Gasteiger partial charge in [0.05, 0.1) is 12.2 Å². The summed E-state index contributed by atoms with van der Waals surface area (Å²) in [5, 5.41) is 0. The molecule has 120 valence electrons. The van der Waals surface area contributed by atoms with E-state index in [-0.39, 0.29) is 5.60 Å². The normalized spacial score (nSPS) is 33.1. The van der Waals surface area contributed by atoms with Gasteiger partial charge in [-0.25, -0.2) is 0 Å². The van der Waals surface area contributed by atoms with Gasteiger partial charge in [0.1, 0.15) is 0 Å². The largest absolute Gasteiger partial charge is 0.369 e. The lowest BCUT2D eigenvalue weighted by atomic mass is 9.67. The molecule has 1 aliphatic heterocycles. The van der Waals surface area contributed by atoms with E-state index in [2.05, 4.69) is 53.7 Å². The van der Waals surface area contributed by atoms with Crippen LogP contribution in [0, 0.1) is 17.3 Å². The summed E-state index contributed by atoms with van der Waals surface area (Å²) in [4.78, 5) is 0. The van der Waals surface area contributed by atoms with E-state index in [1.165, 1.54) is 31.3 Å². The average Bonchev–Trinajstić information content (AvgIpc) is 3.10. The molecule has 0 bridgehead atoms. The van der Waals surface area contributed by atoms with Crippen LogP contribution >= 0.6 is 0 Å². The zero-order valence-electron chi connectivity index (χ0n) is 15.0. The van der Waals surface area contributed by atoms with Crippen molar-refractivity contribution in [2.75, 3.05) is 6.61 Å². The van der Waals surface area contributed by atoms with Crippen molar-refractivity contribution in [2.45, 2.75) is 79.2 Å². The van der Waals surface area contributed by atoms with Crippen molar-refractivity contribution in [3.8, 4) is 0 Å². The maximum Gasteiger partial charge on any atom is 0.0981 e. The minimum absolute atomic E-state index is 0.222. The molecule has 21 heavy (non-hydrogen) atoms. The zero-order valence-corrected chi connectivity index (χ0v) is 15.0. The first-order valence-corrected chi connectivity index (χ1v) is 8.66. The highest BCUT2D eigenvalue weighted by atomic mass is 16.6. The van der Waals surface area contributed by atoms with Gasteiger partial charge < -0.3 is 4.74 Å². The fraction of sp³-hybridized carbons (Fsp3) is 0.800. The maximum absolute atomic E-state index is 5.92. The van der Waals surface area contributed by atoms with Crippen LogP contribution in [0.15, 0.2) is 23.3 Å². The van der Waals surface area contributed by atoms with E-state index in [9.17, 15) is 0 Å². The Bertz CT molecular complexity index is 414. The Balaban J connectivity index is 2.02. The molecule has 1 aliphatic carbocycles. The van der Waals surface area contributed by atoms with Crippen molar-refractivity contribution >= 4 is 0 Å². The average molecular weight is 290 g/mol. The Kier molecular flexibility index (Phi) is 5.03. The molecule has 1 saturated heterocycles. The summed E-state index contributed by atoms with van der Waals surface area (Å²) in [6.07, 6.45) is 11.1. The fourth-order valence-electron chi connectivity index (χ4n) is 4.00. The van der Waals surface area contributed by atoms with Crippen LogP contribution in [0.2, 0.25) is 0 Å². The lowest BCUT2D eigenvalue weighted by Gasteiger charge is -2.37. The lowest BCUT2D eigenvalue weighted by Crippen LogP contribution is -2.34. The number of hydrogen-bond donors (Lipinski definition) is 0. The molecular formula is C20H34O. The monoisotopic (exact) mass is 290 g/mol. The van der Waals surface area contributed by atoms with E-state index < -0.39 is 0 Å². The first kappa shape index (κ1) is 16.8. The second-order valence-corrected chi connectivity index (χ2v) is 8.78. The van der Waals surface area contributed by atoms with Crippen LogP contribution in [0.1, 0.15) is 73.6 Å². The Morgan fingerprint density at radius 3 is 2.38 bits per heavy atom. The molecule has 0 unspecified atom stereocenters. The summed E-state index contributed by atoms with van der Waals surface area (Å²) < 4.78 is 5.92. The van der Waals surface area contributed by atoms with Gasteiger partial charge in [-0.1, -0.05) is 44.1 Å². The summed E-state index contributed by atoms with van der Waals surface area (Å²) >= 11 is 0. The second kappa shape index (κ2) is 6.28. The summed E-state index contributed by atoms with van der Waals surface area (Å²) in [5.41, 5.74) is 3.64. The quantitative estimate of drug-likeness (QED) is 0.463. The van der Waals surface area contributed by atoms with E-state index in [1.807, 2.05) is 0 Å². The molecule has 0 radical (unpaired) electrons. The molecule has 2 fully saturated rings. The minimum Gasteiger partial charge on any atom is -0.369 e. The number of ether oxygens (including phenoxy) is 1. The van der Waals surface area contributed by atoms with E-state index in [1.54, 1.807) is 5.57 Å². The van der Waals surface area contributed by atoms with Gasteiger partial charge in [-0.15, -0.1) is 0 Å². The zero-order chi connectivity index (χ0) is 15.7. The van der Waals surface area contributed by atoms with E-state index in [0.717, 1.165) is 18.9 Å². The highest BCUT2D eigenvalue weighted by Crippen LogP contribution is 2.52. The third-order valence-electron chi connectivity index (χ3n) is 5.11. The predicted molar refractivity (Wildman–Crippen MR) is 91.4 cm³/mol. The van der Waals surface area contributed by atoms with Crippen LogP contribution in [0.3, 0.4) is 0 Å². The van der Waals surface area contributed by atoms with Crippen LogP contribution in [-0.2, 0) is 4.74 Å². The molecule has 1 heteroatoms. The van der Waals surface area contributed by atoms with Gasteiger partial charge in [0, 0.05) is 5.92 Å². The number of epoxide rings is 1. The third-order valence-corrected chi connectivity index (χ3v) is 5.11. The molecule has 1 saturated carbocycles. The molecule has 3 atom stereocenters. The van der Waals surface area contributed by atoms with Gasteiger partial charge in [0.25, 0.3) is 0 Å². The smallest absolute Gasteiger partial charge is 0.0981 e. The van der Waals surface area contributed by atoms with E-state index in [4.69, 9.17) is 4.74 Å². The van der Waals surface area contributed by atoms with Gasteiger partial charge in [0.2, 0.25) is 0 Å². The molecular weight excluding hydrogens is 256 g/mol. The van der Waals surface area contributed by atoms with E-state index >= 15 is 0 Å². The molecule has 0 aromatic heterocycles. The standard InChI is InChI=1S/C20H34O/c1-15(2)8-7-9-16(3)18-12-17(13-19(4,5)6)10-11-20(18)14-21-20/h8-9,17-18H,7,10-14H2,1-6H3/b16-9+/t17-,18-,20+/m1/s1. The number of allylic oxidation sites excluding steroid dienone is 3. The second-order valence-electron chi connectivity index (χ2n) is 8.78. The van der Waals surface area contributed by atoms with Gasteiger partial charge in [0.15, 0.2) is 0 Å². The Hall–Kier alpha value is -0.560. The topological polar surface area (TPSA) is 12.5 Å². The molecule has 0 N–H and O–H groups in total. The SMILES string of the molecule is CC(C)=CC/C=C(\C)[C@H]1C[C@H](CC(C)(C)C)CC[C@]12CO2. The fourth-order valence-corrected chi connectivity index (χ4v) is 4.00. The highest BCUT2D eigenvalue weighted by molar-refractivity contribution is 5.18. The van der Waals surface area contributed by atoms with Crippen LogP contribution < -0.4 is 0 Å². The minimum atomic E-state index is 0.222. The van der Waals surface area contributed by atoms with Crippen molar-refractivity contribution < 1.29 is 4.74 Å². The van der Waals surface area contributed by atoms with Crippen molar-refractivity contribution in [3.63, 3.8) is 0 Å². The summed E-state index contributed by atoms with van der Waals surface area (Å²) in [6, 6.07) is 0. The lowest BCUT2D eigenvalue weighted by molar-refractivity contribution is 0.121. The molecule has 0 aromatic carbocycles. The van der Waals surface area contributed by atoms with Crippen molar-refractivity contribution in [2.24, 2.45) is 17.3 Å². The van der Waals surface area contributed by atoms with Crippen molar-refractivity contribution in [1.29, 1.82) is 0 Å². The highest BCUT2D eigenvalue weighted by Gasteiger charge is 2.54. The summed E-state index contributed by atoms with van der Waals surface area (Å²) in [5.74, 6) is 1.53. The first-order valence-electron chi connectivity index (χ1n) is 8.66. The molecule has 2 rings (SSSR count). The van der Waals surface area contributed by atoms with Gasteiger partial charge >= 0.3 is 0 Å². The predicted octanol–water partition coefficient (Wildman–Crippen LogP) is 5.91. The van der Waals surface area contributed by atoms with Crippen LogP contribution in [0.5, 0.6) is 0 Å². The van der Waals surface area contributed by atoms with Crippen molar-refractivity contribution in [3.05, 3.63) is 23.3 Å². The van der Waals surface area contributed by atoms with E-state index in [0.29, 0.717) is 11.3 Å². The molecule has 0 amide bonds. The van der Waals surface area contributed by atoms with Crippen LogP contribution in [0.25, 0.3) is 0 Å². The Morgan fingerprint density at radius 2 is 1.86 bits per heavy atom. The Labute approximate surface area is 131 Å². The van der Waals surface area contributed by atoms with Gasteiger partial charge in [-0.3, -0.25) is 0 Å². The molecule has 1 nitrogen and oxygen atoms in total. The van der Waals surface area contributed by atoms with Crippen LogP contribution in [-0.4, -0.2) is 12.2 Å². The summed E-state index contributed by atoms with van der Waals surface area (Å²) in [6.45, 7) is 14.8. The summed E-state index contributed by atoms with van der Waals surface area (Å²) in [7, 11) is 0. The number of rotatable bonds is 4.